The molecule has 0 aliphatic rings. The minimum absolute atomic E-state index is 0.0207. The molecule has 2 aromatic carbocycles. The first-order valence-corrected chi connectivity index (χ1v) is 10.8. The lowest BCUT2D eigenvalue weighted by Crippen LogP contribution is -2.24. The SMILES string of the molecule is CC(C)C(C(=O)OCc1ccc(F)c(Oc2ccccc2)c1)c1cnc(C(C)(C)C)nc1F. The lowest BCUT2D eigenvalue weighted by atomic mass is 9.89. The van der Waals surface area contributed by atoms with Crippen molar-refractivity contribution in [1.29, 1.82) is 0 Å². The minimum atomic E-state index is -0.875. The van der Waals surface area contributed by atoms with E-state index in [0.29, 0.717) is 17.1 Å². The first-order valence-electron chi connectivity index (χ1n) is 10.8. The van der Waals surface area contributed by atoms with Crippen molar-refractivity contribution in [3.63, 3.8) is 0 Å². The number of hydrogen-bond donors (Lipinski definition) is 0. The van der Waals surface area contributed by atoms with Crippen molar-refractivity contribution in [2.75, 3.05) is 0 Å². The third-order valence-corrected chi connectivity index (χ3v) is 5.04. The van der Waals surface area contributed by atoms with Crippen molar-refractivity contribution in [3.05, 3.63) is 83.4 Å². The van der Waals surface area contributed by atoms with Crippen LogP contribution in [0, 0.1) is 17.7 Å². The predicted molar refractivity (Wildman–Crippen MR) is 121 cm³/mol. The highest BCUT2D eigenvalue weighted by molar-refractivity contribution is 5.78. The molecule has 0 spiro atoms. The molecule has 33 heavy (non-hydrogen) atoms. The van der Waals surface area contributed by atoms with Gasteiger partial charge in [0.05, 0.1) is 5.92 Å². The van der Waals surface area contributed by atoms with E-state index in [4.69, 9.17) is 9.47 Å². The lowest BCUT2D eigenvalue weighted by Gasteiger charge is -2.22. The van der Waals surface area contributed by atoms with E-state index in [2.05, 4.69) is 9.97 Å². The molecule has 3 aromatic rings. The van der Waals surface area contributed by atoms with Crippen LogP contribution in [0.2, 0.25) is 0 Å². The number of rotatable bonds is 7. The number of para-hydroxylation sites is 1. The van der Waals surface area contributed by atoms with Gasteiger partial charge in [0.2, 0.25) is 5.95 Å². The van der Waals surface area contributed by atoms with Crippen molar-refractivity contribution in [2.45, 2.75) is 52.6 Å². The maximum absolute atomic E-state index is 14.8. The van der Waals surface area contributed by atoms with Gasteiger partial charge in [-0.25, -0.2) is 14.4 Å². The van der Waals surface area contributed by atoms with Crippen LogP contribution in [-0.4, -0.2) is 15.9 Å². The molecule has 0 aliphatic heterocycles. The molecule has 0 radical (unpaired) electrons. The average molecular weight is 455 g/mol. The smallest absolute Gasteiger partial charge is 0.314 e. The molecular formula is C26H28F2N2O3. The maximum Gasteiger partial charge on any atom is 0.314 e. The largest absolute Gasteiger partial charge is 0.460 e. The number of benzene rings is 2. The molecular weight excluding hydrogens is 426 g/mol. The molecule has 0 fully saturated rings. The molecule has 0 saturated heterocycles. The Balaban J connectivity index is 1.75. The van der Waals surface area contributed by atoms with Crippen molar-refractivity contribution in [2.24, 2.45) is 5.92 Å². The van der Waals surface area contributed by atoms with E-state index in [1.54, 1.807) is 38.1 Å². The topological polar surface area (TPSA) is 61.3 Å². The number of carbonyl (C=O) groups excluding carboxylic acids is 1. The lowest BCUT2D eigenvalue weighted by molar-refractivity contribution is -0.148. The van der Waals surface area contributed by atoms with Crippen molar-refractivity contribution in [3.8, 4) is 11.5 Å². The van der Waals surface area contributed by atoms with E-state index in [0.717, 1.165) is 0 Å². The molecule has 0 bridgehead atoms. The van der Waals surface area contributed by atoms with Crippen molar-refractivity contribution >= 4 is 5.97 Å². The molecule has 3 rings (SSSR count). The number of nitrogens with zero attached hydrogens (tertiary/aromatic N) is 2. The van der Waals surface area contributed by atoms with Crippen LogP contribution in [-0.2, 0) is 21.6 Å². The summed E-state index contributed by atoms with van der Waals surface area (Å²) in [6.07, 6.45) is 1.36. The Morgan fingerprint density at radius 2 is 1.76 bits per heavy atom. The second-order valence-electron chi connectivity index (χ2n) is 9.20. The van der Waals surface area contributed by atoms with Gasteiger partial charge in [-0.2, -0.15) is 4.39 Å². The monoisotopic (exact) mass is 454 g/mol. The van der Waals surface area contributed by atoms with Crippen LogP contribution in [0.4, 0.5) is 8.78 Å². The van der Waals surface area contributed by atoms with E-state index >= 15 is 0 Å². The predicted octanol–water partition coefficient (Wildman–Crippen LogP) is 6.33. The molecule has 1 atom stereocenters. The molecule has 7 heteroatoms. The zero-order valence-corrected chi connectivity index (χ0v) is 19.4. The second-order valence-corrected chi connectivity index (χ2v) is 9.20. The minimum Gasteiger partial charge on any atom is -0.460 e. The number of esters is 1. The van der Waals surface area contributed by atoms with Crippen LogP contribution >= 0.6 is 0 Å². The van der Waals surface area contributed by atoms with E-state index in [9.17, 15) is 13.6 Å². The van der Waals surface area contributed by atoms with Gasteiger partial charge < -0.3 is 9.47 Å². The molecule has 0 amide bonds. The Kier molecular flexibility index (Phi) is 7.41. The van der Waals surface area contributed by atoms with Gasteiger partial charge in [0.1, 0.15) is 18.2 Å². The van der Waals surface area contributed by atoms with E-state index in [-0.39, 0.29) is 23.8 Å². The number of hydrogen-bond acceptors (Lipinski definition) is 5. The van der Waals surface area contributed by atoms with Crippen LogP contribution in [0.5, 0.6) is 11.5 Å². The Labute approximate surface area is 192 Å². The van der Waals surface area contributed by atoms with E-state index in [1.165, 1.54) is 24.4 Å². The molecule has 1 heterocycles. The quantitative estimate of drug-likeness (QED) is 0.308. The van der Waals surface area contributed by atoms with E-state index in [1.807, 2.05) is 26.8 Å². The van der Waals surface area contributed by atoms with Gasteiger partial charge in [0, 0.05) is 17.2 Å². The highest BCUT2D eigenvalue weighted by Gasteiger charge is 2.31. The summed E-state index contributed by atoms with van der Waals surface area (Å²) in [5, 5.41) is 0. The number of ether oxygens (including phenoxy) is 2. The fourth-order valence-corrected chi connectivity index (χ4v) is 3.27. The first kappa shape index (κ1) is 24.3. The highest BCUT2D eigenvalue weighted by atomic mass is 19.1. The van der Waals surface area contributed by atoms with Crippen LogP contribution in [0.25, 0.3) is 0 Å². The summed E-state index contributed by atoms with van der Waals surface area (Å²) >= 11 is 0. The Bertz CT molecular complexity index is 1110. The Morgan fingerprint density at radius 1 is 1.06 bits per heavy atom. The highest BCUT2D eigenvalue weighted by Crippen LogP contribution is 2.30. The molecule has 1 unspecified atom stereocenters. The van der Waals surface area contributed by atoms with Gasteiger partial charge in [-0.1, -0.05) is 58.9 Å². The molecule has 5 nitrogen and oxygen atoms in total. The summed E-state index contributed by atoms with van der Waals surface area (Å²) in [6.45, 7) is 9.13. The maximum atomic E-state index is 14.8. The molecule has 0 aliphatic carbocycles. The first-order chi connectivity index (χ1) is 15.6. The fraction of sp³-hybridized carbons (Fsp3) is 0.346. The van der Waals surface area contributed by atoms with Gasteiger partial charge in [-0.3, -0.25) is 4.79 Å². The van der Waals surface area contributed by atoms with Crippen LogP contribution in [0.3, 0.4) is 0 Å². The van der Waals surface area contributed by atoms with Gasteiger partial charge in [-0.15, -0.1) is 0 Å². The summed E-state index contributed by atoms with van der Waals surface area (Å²) in [7, 11) is 0. The summed E-state index contributed by atoms with van der Waals surface area (Å²) < 4.78 is 40.0. The summed E-state index contributed by atoms with van der Waals surface area (Å²) in [6, 6.07) is 13.0. The zero-order valence-electron chi connectivity index (χ0n) is 19.4. The molecule has 1 aromatic heterocycles. The van der Waals surface area contributed by atoms with Gasteiger partial charge in [0.15, 0.2) is 11.6 Å². The van der Waals surface area contributed by atoms with E-state index < -0.39 is 29.1 Å². The van der Waals surface area contributed by atoms with Gasteiger partial charge in [0.25, 0.3) is 0 Å². The average Bonchev–Trinajstić information content (AvgIpc) is 2.75. The fourth-order valence-electron chi connectivity index (χ4n) is 3.27. The second kappa shape index (κ2) is 10.1. The van der Waals surface area contributed by atoms with Crippen LogP contribution < -0.4 is 4.74 Å². The number of carbonyl (C=O) groups is 1. The number of halogens is 2. The molecule has 174 valence electrons. The summed E-state index contributed by atoms with van der Waals surface area (Å²) in [5.74, 6) is -2.13. The Morgan fingerprint density at radius 3 is 2.36 bits per heavy atom. The normalized spacial score (nSPS) is 12.5. The van der Waals surface area contributed by atoms with Crippen LogP contribution in [0.1, 0.15) is 57.5 Å². The van der Waals surface area contributed by atoms with Crippen LogP contribution in [0.15, 0.2) is 54.7 Å². The van der Waals surface area contributed by atoms with Crippen molar-refractivity contribution in [1.82, 2.24) is 9.97 Å². The zero-order chi connectivity index (χ0) is 24.2. The summed E-state index contributed by atoms with van der Waals surface area (Å²) in [4.78, 5) is 21.1. The van der Waals surface area contributed by atoms with Gasteiger partial charge in [-0.05, 0) is 35.7 Å². The number of aromatic nitrogens is 2. The third-order valence-electron chi connectivity index (χ3n) is 5.04. The molecule has 0 saturated carbocycles. The summed E-state index contributed by atoms with van der Waals surface area (Å²) in [5.41, 5.74) is 0.211. The van der Waals surface area contributed by atoms with Gasteiger partial charge >= 0.3 is 5.97 Å². The molecule has 0 N–H and O–H groups in total. The standard InChI is InChI=1S/C26H28F2N2O3/c1-16(2)22(19-14-29-25(26(3,4)5)30-23(19)28)24(31)32-15-17-11-12-20(27)21(13-17)33-18-9-7-6-8-10-18/h6-14,16,22H,15H2,1-5H3. The third kappa shape index (κ3) is 6.12. The Hall–Kier alpha value is -3.35. The van der Waals surface area contributed by atoms with Crippen molar-refractivity contribution < 1.29 is 23.0 Å².